The zero-order valence-corrected chi connectivity index (χ0v) is 18.4. The van der Waals surface area contributed by atoms with E-state index in [2.05, 4.69) is 5.32 Å². The summed E-state index contributed by atoms with van der Waals surface area (Å²) < 4.78 is 51.1. The van der Waals surface area contributed by atoms with Crippen LogP contribution in [0.4, 0.5) is 19.3 Å². The number of imide groups is 1. The van der Waals surface area contributed by atoms with Crippen molar-refractivity contribution in [3.63, 3.8) is 0 Å². The molecule has 0 bridgehead atoms. The van der Waals surface area contributed by atoms with Crippen molar-refractivity contribution >= 4 is 33.4 Å². The first kappa shape index (κ1) is 22.8. The Morgan fingerprint density at radius 3 is 2.45 bits per heavy atom. The van der Waals surface area contributed by atoms with Crippen LogP contribution in [0.15, 0.2) is 48.5 Å². The van der Waals surface area contributed by atoms with Crippen molar-refractivity contribution in [3.05, 3.63) is 65.7 Å². The molecule has 2 fully saturated rings. The predicted octanol–water partition coefficient (Wildman–Crippen LogP) is 1.95. The number of sulfone groups is 1. The number of amides is 4. The summed E-state index contributed by atoms with van der Waals surface area (Å²) in [6, 6.07) is 9.74. The van der Waals surface area contributed by atoms with E-state index in [0.29, 0.717) is 10.6 Å². The van der Waals surface area contributed by atoms with Crippen LogP contribution in [-0.2, 0) is 25.0 Å². The number of anilines is 1. The van der Waals surface area contributed by atoms with Gasteiger partial charge in [-0.2, -0.15) is 0 Å². The Bertz CT molecular complexity index is 1240. The van der Waals surface area contributed by atoms with Gasteiger partial charge in [0.05, 0.1) is 17.5 Å². The fourth-order valence-corrected chi connectivity index (χ4v) is 5.88. The highest BCUT2D eigenvalue weighted by Gasteiger charge is 2.50. The monoisotopic (exact) mass is 477 g/mol. The number of hydrogen-bond donors (Lipinski definition) is 1. The highest BCUT2D eigenvalue weighted by Crippen LogP contribution is 2.31. The average Bonchev–Trinajstić information content (AvgIpc) is 3.22. The molecule has 0 aliphatic carbocycles. The lowest BCUT2D eigenvalue weighted by molar-refractivity contribution is -0.134. The number of rotatable bonds is 5. The lowest BCUT2D eigenvalue weighted by atomic mass is 9.92. The number of carbonyl (C=O) groups is 3. The van der Waals surface area contributed by atoms with Crippen LogP contribution < -0.4 is 10.2 Å². The van der Waals surface area contributed by atoms with Gasteiger partial charge in [-0.1, -0.05) is 24.3 Å². The summed E-state index contributed by atoms with van der Waals surface area (Å²) in [7, 11) is -3.31. The number of hydrogen-bond acceptors (Lipinski definition) is 5. The topological polar surface area (TPSA) is 104 Å². The lowest BCUT2D eigenvalue weighted by Crippen LogP contribution is -2.48. The summed E-state index contributed by atoms with van der Waals surface area (Å²) in [6.45, 7) is 0.693. The highest BCUT2D eigenvalue weighted by atomic mass is 32.2. The molecule has 2 aromatic carbocycles. The molecule has 2 saturated heterocycles. The standard InChI is InChI=1S/C22H21F2N3O5S/c1-22(14-7-8-17(23)18(24)11-14)20(29)26(21(30)25-22)12-19(28)27(15-5-3-2-4-6-15)16-9-10-33(31,32)13-16/h2-8,11,16H,9-10,12-13H2,1H3,(H,25,30)/t16-,22+/m1/s1. The maximum Gasteiger partial charge on any atom is 0.325 e. The maximum atomic E-state index is 13.7. The van der Waals surface area contributed by atoms with Gasteiger partial charge in [-0.05, 0) is 43.2 Å². The molecule has 8 nitrogen and oxygen atoms in total. The van der Waals surface area contributed by atoms with E-state index in [4.69, 9.17) is 0 Å². The van der Waals surface area contributed by atoms with Crippen molar-refractivity contribution in [2.75, 3.05) is 23.0 Å². The van der Waals surface area contributed by atoms with Crippen LogP contribution in [-0.4, -0.2) is 55.3 Å². The van der Waals surface area contributed by atoms with Crippen molar-refractivity contribution in [3.8, 4) is 0 Å². The summed E-state index contributed by atoms with van der Waals surface area (Å²) in [5, 5.41) is 2.44. The first-order valence-corrected chi connectivity index (χ1v) is 12.0. The molecule has 0 saturated carbocycles. The van der Waals surface area contributed by atoms with Crippen LogP contribution in [0.1, 0.15) is 18.9 Å². The first-order chi connectivity index (χ1) is 15.5. The third-order valence-electron chi connectivity index (χ3n) is 5.94. The molecule has 2 heterocycles. The number of nitrogens with zero attached hydrogens (tertiary/aromatic N) is 2. The Balaban J connectivity index is 1.61. The van der Waals surface area contributed by atoms with Crippen molar-refractivity contribution in [2.24, 2.45) is 0 Å². The molecule has 0 spiro atoms. The number of nitrogens with one attached hydrogen (secondary N) is 1. The maximum absolute atomic E-state index is 13.7. The van der Waals surface area contributed by atoms with Gasteiger partial charge in [-0.15, -0.1) is 0 Å². The van der Waals surface area contributed by atoms with Crippen molar-refractivity contribution in [1.29, 1.82) is 0 Å². The molecule has 0 aromatic heterocycles. The summed E-state index contributed by atoms with van der Waals surface area (Å²) in [6.07, 6.45) is 0.232. The van der Waals surface area contributed by atoms with Crippen LogP contribution in [0.25, 0.3) is 0 Å². The van der Waals surface area contributed by atoms with Gasteiger partial charge in [0.15, 0.2) is 21.5 Å². The molecule has 174 valence electrons. The molecule has 2 aromatic rings. The summed E-state index contributed by atoms with van der Waals surface area (Å²) >= 11 is 0. The van der Waals surface area contributed by atoms with Gasteiger partial charge in [0.25, 0.3) is 5.91 Å². The van der Waals surface area contributed by atoms with E-state index in [0.717, 1.165) is 12.1 Å². The number of para-hydroxylation sites is 1. The van der Waals surface area contributed by atoms with Crippen LogP contribution in [0.3, 0.4) is 0 Å². The third-order valence-corrected chi connectivity index (χ3v) is 7.69. The Labute approximate surface area is 189 Å². The molecule has 11 heteroatoms. The molecule has 0 radical (unpaired) electrons. The van der Waals surface area contributed by atoms with Crippen molar-refractivity contribution < 1.29 is 31.6 Å². The Kier molecular flexibility index (Phi) is 5.69. The zero-order chi connectivity index (χ0) is 24.0. The average molecular weight is 477 g/mol. The van der Waals surface area contributed by atoms with E-state index >= 15 is 0 Å². The van der Waals surface area contributed by atoms with Gasteiger partial charge < -0.3 is 10.2 Å². The molecule has 2 atom stereocenters. The van der Waals surface area contributed by atoms with Gasteiger partial charge >= 0.3 is 6.03 Å². The fraction of sp³-hybridized carbons (Fsp3) is 0.318. The van der Waals surface area contributed by atoms with E-state index < -0.39 is 57.4 Å². The Morgan fingerprint density at radius 1 is 1.15 bits per heavy atom. The van der Waals surface area contributed by atoms with E-state index in [-0.39, 0.29) is 23.5 Å². The minimum absolute atomic E-state index is 0.0245. The van der Waals surface area contributed by atoms with E-state index in [1.54, 1.807) is 30.3 Å². The van der Waals surface area contributed by atoms with Crippen molar-refractivity contribution in [2.45, 2.75) is 24.9 Å². The number of halogens is 2. The molecule has 4 amide bonds. The van der Waals surface area contributed by atoms with Crippen LogP contribution in [0.2, 0.25) is 0 Å². The second-order valence-electron chi connectivity index (χ2n) is 8.23. The summed E-state index contributed by atoms with van der Waals surface area (Å²) in [5.74, 6) is -4.01. The first-order valence-electron chi connectivity index (χ1n) is 10.2. The molecule has 2 aliphatic heterocycles. The second-order valence-corrected chi connectivity index (χ2v) is 10.5. The molecule has 1 N–H and O–H groups in total. The Hall–Kier alpha value is -3.34. The molecule has 2 aliphatic rings. The smallest absolute Gasteiger partial charge is 0.319 e. The van der Waals surface area contributed by atoms with Gasteiger partial charge in [-0.25, -0.2) is 22.0 Å². The number of urea groups is 1. The molecule has 4 rings (SSSR count). The van der Waals surface area contributed by atoms with E-state index in [9.17, 15) is 31.6 Å². The van der Waals surface area contributed by atoms with Crippen LogP contribution in [0, 0.1) is 11.6 Å². The highest BCUT2D eigenvalue weighted by molar-refractivity contribution is 7.91. The van der Waals surface area contributed by atoms with Gasteiger partial charge in [-0.3, -0.25) is 14.5 Å². The molecular formula is C22H21F2N3O5S. The Morgan fingerprint density at radius 2 is 1.85 bits per heavy atom. The number of carbonyl (C=O) groups excluding carboxylic acids is 3. The quantitative estimate of drug-likeness (QED) is 0.663. The van der Waals surface area contributed by atoms with E-state index in [1.165, 1.54) is 17.9 Å². The van der Waals surface area contributed by atoms with Gasteiger partial charge in [0, 0.05) is 5.69 Å². The SMILES string of the molecule is C[C@@]1(c2ccc(F)c(F)c2)NC(=O)N(CC(=O)N(c2ccccc2)[C@@H]2CCS(=O)(=O)C2)C1=O. The molecule has 33 heavy (non-hydrogen) atoms. The second kappa shape index (κ2) is 8.22. The zero-order valence-electron chi connectivity index (χ0n) is 17.6. The predicted molar refractivity (Wildman–Crippen MR) is 115 cm³/mol. The molecule has 0 unspecified atom stereocenters. The van der Waals surface area contributed by atoms with Crippen molar-refractivity contribution in [1.82, 2.24) is 10.2 Å². The lowest BCUT2D eigenvalue weighted by Gasteiger charge is -2.30. The third kappa shape index (κ3) is 4.20. The molecular weight excluding hydrogens is 456 g/mol. The van der Waals surface area contributed by atoms with Gasteiger partial charge in [0.2, 0.25) is 5.91 Å². The van der Waals surface area contributed by atoms with Crippen LogP contribution in [0.5, 0.6) is 0 Å². The fourth-order valence-electron chi connectivity index (χ4n) is 4.18. The minimum Gasteiger partial charge on any atom is -0.319 e. The summed E-state index contributed by atoms with van der Waals surface area (Å²) in [4.78, 5) is 41.0. The normalized spacial score (nSPS) is 24.1. The van der Waals surface area contributed by atoms with Crippen LogP contribution >= 0.6 is 0 Å². The van der Waals surface area contributed by atoms with E-state index in [1.807, 2.05) is 0 Å². The minimum atomic E-state index is -3.31. The number of benzene rings is 2. The largest absolute Gasteiger partial charge is 0.325 e. The summed E-state index contributed by atoms with van der Waals surface area (Å²) in [5.41, 5.74) is -1.23. The van der Waals surface area contributed by atoms with Gasteiger partial charge in [0.1, 0.15) is 12.1 Å².